The van der Waals surface area contributed by atoms with Crippen LogP contribution < -0.4 is 5.32 Å². The molecular formula is C13H14BrN3S. The van der Waals surface area contributed by atoms with Crippen molar-refractivity contribution in [1.29, 1.82) is 0 Å². The molecule has 0 spiro atoms. The Hall–Kier alpha value is -0.780. The molecule has 0 bridgehead atoms. The van der Waals surface area contributed by atoms with Gasteiger partial charge < -0.3 is 5.32 Å². The molecule has 3 rings (SSSR count). The van der Waals surface area contributed by atoms with Crippen molar-refractivity contribution in [2.75, 3.05) is 7.05 Å². The van der Waals surface area contributed by atoms with Crippen molar-refractivity contribution in [2.24, 2.45) is 0 Å². The summed E-state index contributed by atoms with van der Waals surface area (Å²) in [5.74, 6) is 0. The molecule has 94 valence electrons. The minimum atomic E-state index is 0.404. The molecule has 0 aliphatic heterocycles. The van der Waals surface area contributed by atoms with E-state index in [1.165, 1.54) is 23.4 Å². The van der Waals surface area contributed by atoms with Crippen LogP contribution in [0.25, 0.3) is 10.7 Å². The standard InChI is InChI=1S/C13H14BrN3S/c1-15-9-5-2-6-10-12(9)17-13(18-10)11-8(14)4-3-7-16-11/h3-4,7,9,15H,2,5-6H2,1H3. The van der Waals surface area contributed by atoms with Gasteiger partial charge in [0.25, 0.3) is 0 Å². The quantitative estimate of drug-likeness (QED) is 0.918. The van der Waals surface area contributed by atoms with Crippen LogP contribution >= 0.6 is 27.3 Å². The molecule has 3 nitrogen and oxygen atoms in total. The van der Waals surface area contributed by atoms with Crippen LogP contribution in [0.3, 0.4) is 0 Å². The van der Waals surface area contributed by atoms with E-state index < -0.39 is 0 Å². The zero-order valence-corrected chi connectivity index (χ0v) is 12.5. The SMILES string of the molecule is CNC1CCCc2sc(-c3ncccc3Br)nc21. The fourth-order valence-electron chi connectivity index (χ4n) is 2.34. The smallest absolute Gasteiger partial charge is 0.143 e. The Kier molecular flexibility index (Phi) is 3.46. The molecule has 1 atom stereocenters. The molecule has 2 heterocycles. The van der Waals surface area contributed by atoms with E-state index in [0.29, 0.717) is 6.04 Å². The molecule has 0 fully saturated rings. The van der Waals surface area contributed by atoms with Crippen LogP contribution in [0.5, 0.6) is 0 Å². The summed E-state index contributed by atoms with van der Waals surface area (Å²) in [5.41, 5.74) is 2.17. The van der Waals surface area contributed by atoms with Crippen molar-refractivity contribution in [3.05, 3.63) is 33.4 Å². The molecule has 1 aliphatic rings. The summed E-state index contributed by atoms with van der Waals surface area (Å²) in [6.07, 6.45) is 5.38. The van der Waals surface area contributed by atoms with Crippen molar-refractivity contribution in [3.63, 3.8) is 0 Å². The molecular weight excluding hydrogens is 310 g/mol. The lowest BCUT2D eigenvalue weighted by atomic mass is 9.98. The predicted molar refractivity (Wildman–Crippen MR) is 77.8 cm³/mol. The van der Waals surface area contributed by atoms with Crippen molar-refractivity contribution in [2.45, 2.75) is 25.3 Å². The van der Waals surface area contributed by atoms with E-state index in [0.717, 1.165) is 21.6 Å². The maximum absolute atomic E-state index is 4.80. The molecule has 2 aromatic rings. The van der Waals surface area contributed by atoms with Gasteiger partial charge >= 0.3 is 0 Å². The highest BCUT2D eigenvalue weighted by molar-refractivity contribution is 9.10. The number of hydrogen-bond donors (Lipinski definition) is 1. The molecule has 0 amide bonds. The number of thiazole rings is 1. The molecule has 0 radical (unpaired) electrons. The average molecular weight is 324 g/mol. The van der Waals surface area contributed by atoms with E-state index in [2.05, 4.69) is 26.2 Å². The lowest BCUT2D eigenvalue weighted by Gasteiger charge is -2.19. The second kappa shape index (κ2) is 5.07. The van der Waals surface area contributed by atoms with Crippen LogP contribution in [0.1, 0.15) is 29.5 Å². The van der Waals surface area contributed by atoms with Crippen LogP contribution in [-0.4, -0.2) is 17.0 Å². The molecule has 5 heteroatoms. The summed E-state index contributed by atoms with van der Waals surface area (Å²) < 4.78 is 1.01. The van der Waals surface area contributed by atoms with E-state index in [1.54, 1.807) is 11.3 Å². The van der Waals surface area contributed by atoms with E-state index in [9.17, 15) is 0 Å². The Morgan fingerprint density at radius 2 is 2.39 bits per heavy atom. The zero-order valence-electron chi connectivity index (χ0n) is 10.1. The van der Waals surface area contributed by atoms with Gasteiger partial charge in [0.2, 0.25) is 0 Å². The van der Waals surface area contributed by atoms with Gasteiger partial charge in [-0.05, 0) is 54.4 Å². The summed E-state index contributed by atoms with van der Waals surface area (Å²) >= 11 is 5.33. The largest absolute Gasteiger partial charge is 0.312 e. The van der Waals surface area contributed by atoms with Crippen molar-refractivity contribution >= 4 is 27.3 Å². The van der Waals surface area contributed by atoms with Gasteiger partial charge in [0.15, 0.2) is 0 Å². The van der Waals surface area contributed by atoms with Crippen molar-refractivity contribution in [1.82, 2.24) is 15.3 Å². The Bertz CT molecular complexity index is 567. The van der Waals surface area contributed by atoms with Crippen molar-refractivity contribution < 1.29 is 0 Å². The third-order valence-electron chi connectivity index (χ3n) is 3.26. The fourth-order valence-corrected chi connectivity index (χ4v) is 4.09. The number of halogens is 1. The maximum atomic E-state index is 4.80. The first-order valence-electron chi connectivity index (χ1n) is 6.07. The van der Waals surface area contributed by atoms with Gasteiger partial charge in [0.05, 0.1) is 11.7 Å². The third-order valence-corrected chi connectivity index (χ3v) is 5.04. The van der Waals surface area contributed by atoms with Gasteiger partial charge in [-0.3, -0.25) is 4.98 Å². The molecule has 18 heavy (non-hydrogen) atoms. The molecule has 2 aromatic heterocycles. The summed E-state index contributed by atoms with van der Waals surface area (Å²) in [7, 11) is 2.01. The van der Waals surface area contributed by atoms with Gasteiger partial charge in [-0.15, -0.1) is 11.3 Å². The number of nitrogens with zero attached hydrogens (tertiary/aromatic N) is 2. The molecule has 1 aliphatic carbocycles. The third kappa shape index (κ3) is 2.11. The first kappa shape index (κ1) is 12.3. The van der Waals surface area contributed by atoms with Crippen LogP contribution in [0.2, 0.25) is 0 Å². The highest BCUT2D eigenvalue weighted by Gasteiger charge is 2.24. The predicted octanol–water partition coefficient (Wildman–Crippen LogP) is 3.56. The molecule has 0 aromatic carbocycles. The number of fused-ring (bicyclic) bond motifs is 1. The monoisotopic (exact) mass is 323 g/mol. The zero-order chi connectivity index (χ0) is 12.5. The van der Waals surface area contributed by atoms with Gasteiger partial charge in [0.1, 0.15) is 10.7 Å². The first-order chi connectivity index (χ1) is 8.79. The van der Waals surface area contributed by atoms with Gasteiger partial charge in [-0.25, -0.2) is 4.98 Å². The van der Waals surface area contributed by atoms with Crippen LogP contribution in [0.15, 0.2) is 22.8 Å². The topological polar surface area (TPSA) is 37.8 Å². The Morgan fingerprint density at radius 1 is 1.50 bits per heavy atom. The second-order valence-electron chi connectivity index (χ2n) is 4.39. The summed E-state index contributed by atoms with van der Waals surface area (Å²) in [4.78, 5) is 10.6. The first-order valence-corrected chi connectivity index (χ1v) is 7.68. The number of hydrogen-bond acceptors (Lipinski definition) is 4. The van der Waals surface area contributed by atoms with E-state index >= 15 is 0 Å². The lowest BCUT2D eigenvalue weighted by Crippen LogP contribution is -2.21. The van der Waals surface area contributed by atoms with E-state index in [-0.39, 0.29) is 0 Å². The average Bonchev–Trinajstić information content (AvgIpc) is 2.82. The van der Waals surface area contributed by atoms with Gasteiger partial charge in [-0.2, -0.15) is 0 Å². The van der Waals surface area contributed by atoms with E-state index in [4.69, 9.17) is 4.98 Å². The van der Waals surface area contributed by atoms with E-state index in [1.807, 2.05) is 25.4 Å². The number of rotatable bonds is 2. The van der Waals surface area contributed by atoms with Crippen molar-refractivity contribution in [3.8, 4) is 10.7 Å². The second-order valence-corrected chi connectivity index (χ2v) is 6.33. The summed E-state index contributed by atoms with van der Waals surface area (Å²) in [5, 5.41) is 4.37. The number of pyridine rings is 1. The Morgan fingerprint density at radius 3 is 3.17 bits per heavy atom. The highest BCUT2D eigenvalue weighted by atomic mass is 79.9. The number of aromatic nitrogens is 2. The Labute approximate surface area is 119 Å². The minimum absolute atomic E-state index is 0.404. The van der Waals surface area contributed by atoms with Crippen LogP contribution in [0, 0.1) is 0 Å². The number of nitrogens with one attached hydrogen (secondary N) is 1. The Balaban J connectivity index is 2.05. The van der Waals surface area contributed by atoms with Crippen LogP contribution in [0.4, 0.5) is 0 Å². The summed E-state index contributed by atoms with van der Waals surface area (Å²) in [6, 6.07) is 4.34. The van der Waals surface area contributed by atoms with Gasteiger partial charge in [0, 0.05) is 15.5 Å². The normalized spacial score (nSPS) is 18.7. The van der Waals surface area contributed by atoms with Crippen LogP contribution in [-0.2, 0) is 6.42 Å². The molecule has 1 unspecified atom stereocenters. The lowest BCUT2D eigenvalue weighted by molar-refractivity contribution is 0.490. The summed E-state index contributed by atoms with van der Waals surface area (Å²) in [6.45, 7) is 0. The highest BCUT2D eigenvalue weighted by Crippen LogP contribution is 2.38. The molecule has 0 saturated heterocycles. The number of aryl methyl sites for hydroxylation is 1. The van der Waals surface area contributed by atoms with Gasteiger partial charge in [-0.1, -0.05) is 0 Å². The minimum Gasteiger partial charge on any atom is -0.312 e. The molecule has 1 N–H and O–H groups in total. The maximum Gasteiger partial charge on any atom is 0.143 e. The fraction of sp³-hybridized carbons (Fsp3) is 0.385. The molecule has 0 saturated carbocycles.